The minimum Gasteiger partial charge on any atom is -0.479 e. The van der Waals surface area contributed by atoms with Crippen molar-refractivity contribution in [1.29, 1.82) is 0 Å². The van der Waals surface area contributed by atoms with E-state index in [4.69, 9.17) is 8.92 Å². The van der Waals surface area contributed by atoms with E-state index in [-0.39, 0.29) is 45.0 Å². The monoisotopic (exact) mass is 672 g/mol. The van der Waals surface area contributed by atoms with Gasteiger partial charge in [-0.25, -0.2) is 4.79 Å². The number of ether oxygens (including phenoxy) is 1. The summed E-state index contributed by atoms with van der Waals surface area (Å²) in [7, 11) is -4.80. The van der Waals surface area contributed by atoms with Gasteiger partial charge in [-0.15, -0.1) is 0 Å². The van der Waals surface area contributed by atoms with E-state index in [2.05, 4.69) is 48.5 Å². The van der Waals surface area contributed by atoms with Gasteiger partial charge in [0.1, 0.15) is 5.75 Å². The van der Waals surface area contributed by atoms with Crippen molar-refractivity contribution in [3.63, 3.8) is 0 Å². The van der Waals surface area contributed by atoms with Gasteiger partial charge in [0.05, 0.1) is 11.7 Å². The maximum atomic E-state index is 12.0. The van der Waals surface area contributed by atoms with Gasteiger partial charge in [0.15, 0.2) is 6.10 Å². The summed E-state index contributed by atoms with van der Waals surface area (Å²) < 4.78 is 46.0. The Morgan fingerprint density at radius 1 is 0.872 bits per heavy atom. The summed E-state index contributed by atoms with van der Waals surface area (Å²) in [5.41, 5.74) is 1.39. The molecule has 11 atom stereocenters. The molecule has 1 aliphatic heterocycles. The summed E-state index contributed by atoms with van der Waals surface area (Å²) in [5, 5.41) is 20.7. The first-order chi connectivity index (χ1) is 21.7. The molecule has 5 unspecified atom stereocenters. The first-order valence-electron chi connectivity index (χ1n) is 18.2. The van der Waals surface area contributed by atoms with Crippen molar-refractivity contribution in [2.24, 2.45) is 45.3 Å². The van der Waals surface area contributed by atoms with E-state index in [1.807, 2.05) is 0 Å². The molecule has 0 bridgehead atoms. The number of carboxylic acids is 1. The lowest BCUT2D eigenvalue weighted by Crippen LogP contribution is -2.68. The number of benzene rings is 1. The highest BCUT2D eigenvalue weighted by molar-refractivity contribution is 7.81. The molecule has 0 aromatic heterocycles. The molecule has 1 saturated heterocycles. The van der Waals surface area contributed by atoms with Crippen molar-refractivity contribution in [2.75, 3.05) is 0 Å². The molecule has 1 heterocycles. The van der Waals surface area contributed by atoms with Gasteiger partial charge in [0.2, 0.25) is 0 Å². The maximum Gasteiger partial charge on any atom is 0.446 e. The number of aliphatic hydroxyl groups excluding tert-OH is 1. The van der Waals surface area contributed by atoms with Gasteiger partial charge in [0.25, 0.3) is 0 Å². The van der Waals surface area contributed by atoms with E-state index in [1.54, 1.807) is 0 Å². The van der Waals surface area contributed by atoms with Crippen LogP contribution in [0.3, 0.4) is 0 Å². The topological polar surface area (TPSA) is 130 Å². The van der Waals surface area contributed by atoms with Gasteiger partial charge in [-0.1, -0.05) is 61.0 Å². The van der Waals surface area contributed by atoms with Gasteiger partial charge in [-0.2, -0.15) is 8.42 Å². The lowest BCUT2D eigenvalue weighted by molar-refractivity contribution is -0.304. The number of aliphatic carboxylic acids is 1. The Hall–Kier alpha value is -1.68. The third-order valence-corrected chi connectivity index (χ3v) is 16.5. The summed E-state index contributed by atoms with van der Waals surface area (Å²) >= 11 is 0. The summed E-state index contributed by atoms with van der Waals surface area (Å²) in [4.78, 5) is 12.0. The fourth-order valence-corrected chi connectivity index (χ4v) is 14.3. The average molecular weight is 673 g/mol. The summed E-state index contributed by atoms with van der Waals surface area (Å²) in [6.45, 7) is 17.0. The van der Waals surface area contributed by atoms with Crippen LogP contribution >= 0.6 is 0 Å². The molecule has 47 heavy (non-hydrogen) atoms. The third kappa shape index (κ3) is 4.53. The smallest absolute Gasteiger partial charge is 0.446 e. The number of aliphatic hydroxyl groups is 1. The molecule has 8 nitrogen and oxygen atoms in total. The predicted molar refractivity (Wildman–Crippen MR) is 178 cm³/mol. The predicted octanol–water partition coefficient (Wildman–Crippen LogP) is 7.81. The summed E-state index contributed by atoms with van der Waals surface area (Å²) in [6.07, 6.45) is 11.3. The van der Waals surface area contributed by atoms with Crippen LogP contribution in [0.1, 0.15) is 142 Å². The summed E-state index contributed by atoms with van der Waals surface area (Å²) in [6, 6.07) is 2.85. The highest BCUT2D eigenvalue weighted by Crippen LogP contribution is 2.75. The lowest BCUT2D eigenvalue weighted by atomic mass is 9.36. The molecule has 5 fully saturated rings. The van der Waals surface area contributed by atoms with Gasteiger partial charge >= 0.3 is 16.4 Å². The zero-order chi connectivity index (χ0) is 34.2. The minimum absolute atomic E-state index is 0.0284. The molecule has 1 aromatic carbocycles. The molecule has 262 valence electrons. The van der Waals surface area contributed by atoms with Gasteiger partial charge < -0.3 is 19.1 Å². The normalized spacial score (nSPS) is 45.9. The third-order valence-electron chi connectivity index (χ3n) is 16.1. The molecule has 3 N–H and O–H groups in total. The number of hydrogen-bond acceptors (Lipinski definition) is 6. The van der Waals surface area contributed by atoms with Crippen LogP contribution in [0.2, 0.25) is 0 Å². The zero-order valence-electron chi connectivity index (χ0n) is 29.4. The van der Waals surface area contributed by atoms with Crippen LogP contribution < -0.4 is 4.18 Å². The first kappa shape index (κ1) is 33.8. The highest BCUT2D eigenvalue weighted by atomic mass is 32.3. The maximum absolute atomic E-state index is 12.0. The summed E-state index contributed by atoms with van der Waals surface area (Å²) in [5.74, 6) is 0.343. The standard InChI is InChI=1S/C38H56O8S/c1-22-9-8-15-33(2,3)38(22)20-19-36(6)27-12-16-35(5)26(34(27,4)18-14-29(36)45-38)13-17-37(7)28(35)21-24-25(46-47(42,43)44)11-10-23(30(24)37)31(39)32(40)41/h10-11,22,26-29,31,39H,8-9,12-21H2,1-7H3,(H,40,41)(H,42,43,44)/t22-,26?,27?,28?,29?,31?,34-,35-,36+,37+,38-/m1/s1. The second kappa shape index (κ2) is 10.4. The number of carboxylic acid groups (broad SMARTS) is 1. The zero-order valence-corrected chi connectivity index (χ0v) is 30.2. The molecule has 1 aromatic rings. The van der Waals surface area contributed by atoms with Crippen molar-refractivity contribution in [3.05, 3.63) is 28.8 Å². The van der Waals surface area contributed by atoms with E-state index < -0.39 is 27.9 Å². The van der Waals surface area contributed by atoms with Crippen molar-refractivity contribution in [1.82, 2.24) is 0 Å². The van der Waals surface area contributed by atoms with Crippen LogP contribution in [0.25, 0.3) is 0 Å². The Labute approximate surface area is 281 Å². The van der Waals surface area contributed by atoms with Gasteiger partial charge in [0, 0.05) is 5.56 Å². The van der Waals surface area contributed by atoms with Crippen LogP contribution in [-0.4, -0.2) is 40.9 Å². The molecule has 7 rings (SSSR count). The Bertz CT molecular complexity index is 1590. The number of fused-ring (bicyclic) bond motifs is 9. The van der Waals surface area contributed by atoms with Crippen LogP contribution in [0, 0.1) is 45.3 Å². The second-order valence-corrected chi connectivity index (χ2v) is 19.4. The van der Waals surface area contributed by atoms with Crippen LogP contribution in [-0.2, 0) is 31.8 Å². The average Bonchev–Trinajstić information content (AvgIpc) is 3.30. The molecule has 5 aliphatic carbocycles. The van der Waals surface area contributed by atoms with E-state index in [9.17, 15) is 28.0 Å². The highest BCUT2D eigenvalue weighted by Gasteiger charge is 2.70. The van der Waals surface area contributed by atoms with E-state index in [1.165, 1.54) is 37.8 Å². The van der Waals surface area contributed by atoms with Gasteiger partial charge in [-0.05, 0) is 139 Å². The Kier molecular flexibility index (Phi) is 7.50. The molecule has 6 aliphatic rings. The Morgan fingerprint density at radius 2 is 1.51 bits per heavy atom. The van der Waals surface area contributed by atoms with E-state index in [0.29, 0.717) is 40.9 Å². The second-order valence-electron chi connectivity index (χ2n) is 18.3. The van der Waals surface area contributed by atoms with Crippen LogP contribution in [0.5, 0.6) is 5.75 Å². The fourth-order valence-electron chi connectivity index (χ4n) is 14.0. The van der Waals surface area contributed by atoms with E-state index in [0.717, 1.165) is 44.9 Å². The first-order valence-corrected chi connectivity index (χ1v) is 19.5. The van der Waals surface area contributed by atoms with Crippen LogP contribution in [0.15, 0.2) is 12.1 Å². The van der Waals surface area contributed by atoms with Crippen LogP contribution in [0.4, 0.5) is 0 Å². The molecule has 1 spiro atoms. The Balaban J connectivity index is 1.24. The quantitative estimate of drug-likeness (QED) is 0.276. The largest absolute Gasteiger partial charge is 0.479 e. The molecule has 0 radical (unpaired) electrons. The minimum atomic E-state index is -4.80. The van der Waals surface area contributed by atoms with Crippen molar-refractivity contribution in [3.8, 4) is 5.75 Å². The molecule has 9 heteroatoms. The van der Waals surface area contributed by atoms with E-state index >= 15 is 0 Å². The Morgan fingerprint density at radius 3 is 2.17 bits per heavy atom. The number of hydrogen-bond donors (Lipinski definition) is 3. The molecular weight excluding hydrogens is 616 g/mol. The molecular formula is C38H56O8S. The van der Waals surface area contributed by atoms with Crippen molar-refractivity contribution in [2.45, 2.75) is 149 Å². The number of rotatable bonds is 4. The molecule has 4 saturated carbocycles. The molecule has 0 amide bonds. The SMILES string of the molecule is C[C@@H]1CCCC(C)(C)[C@@]12CC[C@]1(C)C(CC[C@@]3(C)C1CC[C@]1(C)C3CC[C@]3(C)c4c(C(O)C(=O)O)ccc(OS(=O)(=O)O)c4CC13)O2. The van der Waals surface area contributed by atoms with Gasteiger partial charge in [-0.3, -0.25) is 4.55 Å². The fraction of sp³-hybridized carbons (Fsp3) is 0.816. The number of carbonyl (C=O) groups is 1. The van der Waals surface area contributed by atoms with Crippen molar-refractivity contribution >= 4 is 16.4 Å². The van der Waals surface area contributed by atoms with Crippen molar-refractivity contribution < 1.29 is 36.9 Å². The lowest BCUT2D eigenvalue weighted by Gasteiger charge is -2.71.